The van der Waals surface area contributed by atoms with E-state index in [1.54, 1.807) is 0 Å². The molecule has 0 spiro atoms. The van der Waals surface area contributed by atoms with Gasteiger partial charge in [0.1, 0.15) is 0 Å². The monoisotopic (exact) mass is 250 g/mol. The highest BCUT2D eigenvalue weighted by molar-refractivity contribution is 5.11. The summed E-state index contributed by atoms with van der Waals surface area (Å²) in [4.78, 5) is 2.53. The third kappa shape index (κ3) is 3.12. The molecular weight excluding hydrogens is 224 g/mol. The number of aromatic nitrogens is 2. The van der Waals surface area contributed by atoms with Gasteiger partial charge in [0.05, 0.1) is 12.2 Å². The third-order valence-electron chi connectivity index (χ3n) is 4.15. The molecule has 0 radical (unpaired) electrons. The van der Waals surface area contributed by atoms with Gasteiger partial charge in [-0.05, 0) is 37.8 Å². The van der Waals surface area contributed by atoms with Crippen LogP contribution in [0.25, 0.3) is 0 Å². The molecule has 4 nitrogen and oxygen atoms in total. The maximum Gasteiger partial charge on any atom is 0.0538 e. The van der Waals surface area contributed by atoms with Gasteiger partial charge in [0.25, 0.3) is 0 Å². The number of nitrogens with zero attached hydrogens (tertiary/aromatic N) is 3. The van der Waals surface area contributed by atoms with Crippen LogP contribution in [-0.4, -0.2) is 34.3 Å². The zero-order chi connectivity index (χ0) is 13.2. The minimum atomic E-state index is 0.326. The van der Waals surface area contributed by atoms with E-state index in [-0.39, 0.29) is 0 Å². The molecule has 0 saturated carbocycles. The van der Waals surface area contributed by atoms with E-state index in [9.17, 15) is 0 Å². The molecule has 102 valence electrons. The van der Waals surface area contributed by atoms with Gasteiger partial charge in [-0.15, -0.1) is 0 Å². The van der Waals surface area contributed by atoms with Crippen LogP contribution in [0, 0.1) is 5.41 Å². The molecule has 1 fully saturated rings. The SMILES string of the molecule is Cn1cc(C(CN)N2CCCC(C)(C)CC2)cn1. The van der Waals surface area contributed by atoms with Crippen molar-refractivity contribution in [1.29, 1.82) is 0 Å². The van der Waals surface area contributed by atoms with Gasteiger partial charge in [-0.1, -0.05) is 13.8 Å². The van der Waals surface area contributed by atoms with Crippen molar-refractivity contribution in [3.05, 3.63) is 18.0 Å². The molecule has 0 aliphatic carbocycles. The first-order chi connectivity index (χ1) is 8.52. The number of nitrogens with two attached hydrogens (primary N) is 1. The molecule has 1 aliphatic rings. The highest BCUT2D eigenvalue weighted by atomic mass is 15.3. The van der Waals surface area contributed by atoms with Crippen molar-refractivity contribution in [3.63, 3.8) is 0 Å². The van der Waals surface area contributed by atoms with Gasteiger partial charge in [0.2, 0.25) is 0 Å². The molecule has 4 heteroatoms. The van der Waals surface area contributed by atoms with Gasteiger partial charge in [-0.2, -0.15) is 5.10 Å². The Morgan fingerprint density at radius 3 is 2.78 bits per heavy atom. The summed E-state index contributed by atoms with van der Waals surface area (Å²) in [5.74, 6) is 0. The fourth-order valence-corrected chi connectivity index (χ4v) is 2.86. The normalized spacial score (nSPS) is 22.7. The maximum absolute atomic E-state index is 5.98. The molecule has 0 aromatic carbocycles. The van der Waals surface area contributed by atoms with Crippen molar-refractivity contribution < 1.29 is 0 Å². The summed E-state index contributed by atoms with van der Waals surface area (Å²) in [5, 5.41) is 4.27. The summed E-state index contributed by atoms with van der Waals surface area (Å²) >= 11 is 0. The average molecular weight is 250 g/mol. The summed E-state index contributed by atoms with van der Waals surface area (Å²) in [6.07, 6.45) is 7.88. The molecule has 2 heterocycles. The second kappa shape index (κ2) is 5.41. The van der Waals surface area contributed by atoms with Crippen LogP contribution in [0.5, 0.6) is 0 Å². The molecule has 1 aliphatic heterocycles. The van der Waals surface area contributed by atoms with Crippen LogP contribution < -0.4 is 5.73 Å². The Kier molecular flexibility index (Phi) is 4.07. The van der Waals surface area contributed by atoms with E-state index in [4.69, 9.17) is 5.73 Å². The Bertz CT molecular complexity index is 383. The van der Waals surface area contributed by atoms with Crippen molar-refractivity contribution in [1.82, 2.24) is 14.7 Å². The summed E-state index contributed by atoms with van der Waals surface area (Å²) in [7, 11) is 1.96. The summed E-state index contributed by atoms with van der Waals surface area (Å²) in [6.45, 7) is 7.71. The first-order valence-electron chi connectivity index (χ1n) is 6.94. The molecule has 0 bridgehead atoms. The minimum Gasteiger partial charge on any atom is -0.329 e. The van der Waals surface area contributed by atoms with E-state index in [0.717, 1.165) is 13.1 Å². The molecule has 1 aromatic rings. The zero-order valence-corrected chi connectivity index (χ0v) is 11.9. The summed E-state index contributed by atoms with van der Waals surface area (Å²) in [6, 6.07) is 0.326. The van der Waals surface area contributed by atoms with Crippen LogP contribution in [0.3, 0.4) is 0 Å². The second-order valence-corrected chi connectivity index (χ2v) is 6.25. The molecule has 18 heavy (non-hydrogen) atoms. The molecule has 1 unspecified atom stereocenters. The van der Waals surface area contributed by atoms with Crippen LogP contribution in [0.15, 0.2) is 12.4 Å². The van der Waals surface area contributed by atoms with Gasteiger partial charge < -0.3 is 5.73 Å². The van der Waals surface area contributed by atoms with Crippen molar-refractivity contribution in [2.24, 2.45) is 18.2 Å². The molecule has 1 saturated heterocycles. The maximum atomic E-state index is 5.98. The summed E-state index contributed by atoms with van der Waals surface area (Å²) in [5.41, 5.74) is 7.71. The Balaban J connectivity index is 2.08. The number of rotatable bonds is 3. The van der Waals surface area contributed by atoms with Crippen molar-refractivity contribution in [2.45, 2.75) is 39.2 Å². The van der Waals surface area contributed by atoms with Crippen LogP contribution >= 0.6 is 0 Å². The third-order valence-corrected chi connectivity index (χ3v) is 4.15. The first kappa shape index (κ1) is 13.6. The Hall–Kier alpha value is -0.870. The van der Waals surface area contributed by atoms with Gasteiger partial charge >= 0.3 is 0 Å². The standard InChI is InChI=1S/C14H26N4/c1-14(2)5-4-7-18(8-6-14)13(9-15)12-10-16-17(3)11-12/h10-11,13H,4-9,15H2,1-3H3. The predicted molar refractivity (Wildman–Crippen MR) is 74.2 cm³/mol. The van der Waals surface area contributed by atoms with Crippen LogP contribution in [0.4, 0.5) is 0 Å². The predicted octanol–water partition coefficient (Wildman–Crippen LogP) is 1.93. The van der Waals surface area contributed by atoms with Crippen molar-refractivity contribution in [3.8, 4) is 0 Å². The number of likely N-dealkylation sites (tertiary alicyclic amines) is 1. The number of hydrogen-bond acceptors (Lipinski definition) is 3. The van der Waals surface area contributed by atoms with E-state index in [0.29, 0.717) is 18.0 Å². The first-order valence-corrected chi connectivity index (χ1v) is 6.94. The van der Waals surface area contributed by atoms with E-state index in [2.05, 4.69) is 30.0 Å². The lowest BCUT2D eigenvalue weighted by Gasteiger charge is -2.29. The van der Waals surface area contributed by atoms with E-state index < -0.39 is 0 Å². The highest BCUT2D eigenvalue weighted by Crippen LogP contribution is 2.32. The van der Waals surface area contributed by atoms with Gasteiger partial charge in [-0.25, -0.2) is 0 Å². The number of aryl methyl sites for hydroxylation is 1. The van der Waals surface area contributed by atoms with E-state index >= 15 is 0 Å². The minimum absolute atomic E-state index is 0.326. The zero-order valence-electron chi connectivity index (χ0n) is 11.9. The molecule has 0 amide bonds. The van der Waals surface area contributed by atoms with E-state index in [1.807, 2.05) is 17.9 Å². The summed E-state index contributed by atoms with van der Waals surface area (Å²) < 4.78 is 1.86. The van der Waals surface area contributed by atoms with Crippen LogP contribution in [0.2, 0.25) is 0 Å². The fraction of sp³-hybridized carbons (Fsp3) is 0.786. The highest BCUT2D eigenvalue weighted by Gasteiger charge is 2.27. The van der Waals surface area contributed by atoms with Crippen molar-refractivity contribution >= 4 is 0 Å². The van der Waals surface area contributed by atoms with Crippen LogP contribution in [-0.2, 0) is 7.05 Å². The molecule has 1 aromatic heterocycles. The second-order valence-electron chi connectivity index (χ2n) is 6.25. The lowest BCUT2D eigenvalue weighted by molar-refractivity contribution is 0.200. The van der Waals surface area contributed by atoms with Crippen molar-refractivity contribution in [2.75, 3.05) is 19.6 Å². The molecule has 2 N–H and O–H groups in total. The fourth-order valence-electron chi connectivity index (χ4n) is 2.86. The van der Waals surface area contributed by atoms with Gasteiger partial charge in [0.15, 0.2) is 0 Å². The average Bonchev–Trinajstić information content (AvgIpc) is 2.64. The Labute approximate surface area is 110 Å². The molecule has 1 atom stereocenters. The lowest BCUT2D eigenvalue weighted by Crippen LogP contribution is -2.34. The van der Waals surface area contributed by atoms with Gasteiger partial charge in [-0.3, -0.25) is 9.58 Å². The quantitative estimate of drug-likeness (QED) is 0.891. The van der Waals surface area contributed by atoms with Crippen LogP contribution in [0.1, 0.15) is 44.7 Å². The topological polar surface area (TPSA) is 47.1 Å². The molecular formula is C14H26N4. The Morgan fingerprint density at radius 1 is 1.39 bits per heavy atom. The smallest absolute Gasteiger partial charge is 0.0538 e. The lowest BCUT2D eigenvalue weighted by atomic mass is 9.85. The number of hydrogen-bond donors (Lipinski definition) is 1. The van der Waals surface area contributed by atoms with E-state index in [1.165, 1.54) is 24.8 Å². The largest absolute Gasteiger partial charge is 0.329 e. The Morgan fingerprint density at radius 2 is 2.17 bits per heavy atom. The molecule has 2 rings (SSSR count). The van der Waals surface area contributed by atoms with Gasteiger partial charge in [0, 0.05) is 25.4 Å².